The molecule has 2 aromatic heterocycles. The van der Waals surface area contributed by atoms with Crippen LogP contribution in [-0.4, -0.2) is 20.4 Å². The summed E-state index contributed by atoms with van der Waals surface area (Å²) >= 11 is 0. The van der Waals surface area contributed by atoms with Crippen LogP contribution in [0.2, 0.25) is 0 Å². The van der Waals surface area contributed by atoms with E-state index < -0.39 is 17.2 Å². The molecule has 2 aromatic carbocycles. The number of aromatic amines is 1. The lowest BCUT2D eigenvalue weighted by molar-refractivity contribution is 0.0953. The van der Waals surface area contributed by atoms with Crippen molar-refractivity contribution >= 4 is 28.3 Å². The molecule has 0 spiro atoms. The van der Waals surface area contributed by atoms with Crippen LogP contribution in [0.3, 0.4) is 0 Å². The van der Waals surface area contributed by atoms with E-state index in [1.165, 1.54) is 16.8 Å². The Labute approximate surface area is 176 Å². The zero-order valence-electron chi connectivity index (χ0n) is 16.5. The molecule has 2 N–H and O–H groups in total. The van der Waals surface area contributed by atoms with Gasteiger partial charge in [0.05, 0.1) is 22.3 Å². The third kappa shape index (κ3) is 3.59. The number of hydrogen-bond donors (Lipinski definition) is 2. The Morgan fingerprint density at radius 3 is 2.19 bits per heavy atom. The van der Waals surface area contributed by atoms with Crippen molar-refractivity contribution in [3.63, 3.8) is 0 Å². The number of H-pyrrole nitrogens is 1. The molecule has 0 unspecified atom stereocenters. The minimum Gasteiger partial charge on any atom is -0.274 e. The maximum absolute atomic E-state index is 13.1. The van der Waals surface area contributed by atoms with Gasteiger partial charge in [-0.2, -0.15) is 0 Å². The van der Waals surface area contributed by atoms with Crippen molar-refractivity contribution in [1.82, 2.24) is 20.0 Å². The second kappa shape index (κ2) is 7.56. The molecule has 8 heteroatoms. The van der Waals surface area contributed by atoms with Gasteiger partial charge in [-0.05, 0) is 43.2 Å². The number of hydrogen-bond acceptors (Lipinski definition) is 5. The summed E-state index contributed by atoms with van der Waals surface area (Å²) in [5.74, 6) is -0.425. The molecule has 0 radical (unpaired) electrons. The number of hydrazine groups is 1. The van der Waals surface area contributed by atoms with Gasteiger partial charge in [0, 0.05) is 12.2 Å². The Morgan fingerprint density at radius 1 is 1.00 bits per heavy atom. The Kier molecular flexibility index (Phi) is 4.59. The lowest BCUT2D eigenvalue weighted by atomic mass is 10.2. The molecule has 1 amide bonds. The van der Waals surface area contributed by atoms with Crippen LogP contribution < -0.4 is 21.7 Å². The Morgan fingerprint density at radius 2 is 1.61 bits per heavy atom. The number of fused-ring (bicyclic) bond motifs is 1. The Hall–Kier alpha value is -4.20. The van der Waals surface area contributed by atoms with E-state index in [1.54, 1.807) is 5.01 Å². The van der Waals surface area contributed by atoms with Crippen LogP contribution in [0.25, 0.3) is 11.0 Å². The zero-order chi connectivity index (χ0) is 21.4. The number of pyridine rings is 1. The minimum absolute atomic E-state index is 0.0469. The van der Waals surface area contributed by atoms with Crippen molar-refractivity contribution < 1.29 is 4.79 Å². The van der Waals surface area contributed by atoms with Crippen molar-refractivity contribution in [3.05, 3.63) is 99.3 Å². The highest BCUT2D eigenvalue weighted by Gasteiger charge is 2.28. The highest BCUT2D eigenvalue weighted by atomic mass is 16.2. The van der Waals surface area contributed by atoms with Gasteiger partial charge in [-0.25, -0.2) is 9.78 Å². The molecule has 0 saturated heterocycles. The molecule has 4 aromatic rings. The summed E-state index contributed by atoms with van der Waals surface area (Å²) < 4.78 is 1.50. The van der Waals surface area contributed by atoms with Gasteiger partial charge in [-0.1, -0.05) is 36.4 Å². The number of amides is 1. The smallest absolute Gasteiger partial charge is 0.274 e. The normalized spacial score (nSPS) is 13.2. The summed E-state index contributed by atoms with van der Waals surface area (Å²) in [6.07, 6.45) is 3.13. The van der Waals surface area contributed by atoms with E-state index in [4.69, 9.17) is 0 Å². The van der Waals surface area contributed by atoms with Crippen LogP contribution in [0.1, 0.15) is 29.2 Å². The van der Waals surface area contributed by atoms with Crippen molar-refractivity contribution in [2.75, 3.05) is 5.01 Å². The fourth-order valence-corrected chi connectivity index (χ4v) is 3.53. The van der Waals surface area contributed by atoms with Crippen molar-refractivity contribution in [1.29, 1.82) is 0 Å². The molecule has 1 saturated carbocycles. The Bertz CT molecular complexity index is 1340. The summed E-state index contributed by atoms with van der Waals surface area (Å²) in [4.78, 5) is 44.3. The predicted octanol–water partition coefficient (Wildman–Crippen LogP) is 2.90. The highest BCUT2D eigenvalue weighted by molar-refractivity contribution is 5.98. The number of aromatic nitrogens is 3. The van der Waals surface area contributed by atoms with Crippen LogP contribution in [-0.2, 0) is 0 Å². The van der Waals surface area contributed by atoms with Gasteiger partial charge in [0.1, 0.15) is 5.65 Å². The molecule has 2 heterocycles. The summed E-state index contributed by atoms with van der Waals surface area (Å²) in [6.45, 7) is 0. The first-order chi connectivity index (χ1) is 15.1. The van der Waals surface area contributed by atoms with Crippen molar-refractivity contribution in [2.45, 2.75) is 18.9 Å². The maximum atomic E-state index is 13.1. The topological polar surface area (TPSA) is 100 Å². The molecule has 154 valence electrons. The van der Waals surface area contributed by atoms with Gasteiger partial charge in [0.25, 0.3) is 11.5 Å². The summed E-state index contributed by atoms with van der Waals surface area (Å²) in [5, 5.41) is 1.88. The molecule has 31 heavy (non-hydrogen) atoms. The molecule has 1 fully saturated rings. The van der Waals surface area contributed by atoms with E-state index in [0.29, 0.717) is 5.65 Å². The quantitative estimate of drug-likeness (QED) is 0.490. The van der Waals surface area contributed by atoms with Crippen LogP contribution >= 0.6 is 0 Å². The first-order valence-electron chi connectivity index (χ1n) is 9.97. The molecular formula is C23H19N5O3. The van der Waals surface area contributed by atoms with Crippen LogP contribution in [0.5, 0.6) is 0 Å². The van der Waals surface area contributed by atoms with E-state index in [1.807, 2.05) is 60.7 Å². The Balaban J connectivity index is 1.53. The number of carbonyl (C=O) groups excluding carboxylic acids is 1. The summed E-state index contributed by atoms with van der Waals surface area (Å²) in [6, 6.07) is 20.4. The molecule has 5 rings (SSSR count). The molecule has 1 aliphatic carbocycles. The van der Waals surface area contributed by atoms with Gasteiger partial charge >= 0.3 is 5.69 Å². The van der Waals surface area contributed by atoms with Crippen LogP contribution in [0.15, 0.2) is 82.5 Å². The number of nitrogens with one attached hydrogen (secondary N) is 2. The minimum atomic E-state index is -0.554. The fourth-order valence-electron chi connectivity index (χ4n) is 3.53. The van der Waals surface area contributed by atoms with E-state index in [-0.39, 0.29) is 17.0 Å². The average molecular weight is 413 g/mol. The number of carbonyl (C=O) groups is 1. The standard InChI is InChI=1S/C23H19N5O3/c29-21(26-28(17-7-3-1-4-8-17)18-9-5-2-6-10-18)15-13-19-20(24-14-15)27(16-11-12-16)23(31)25-22(19)30/h1-10,13-14,16H,11-12H2,(H,26,29)(H,25,30,31). The third-order valence-electron chi connectivity index (χ3n) is 5.20. The van der Waals surface area contributed by atoms with Gasteiger partial charge in [0.2, 0.25) is 0 Å². The lowest BCUT2D eigenvalue weighted by Crippen LogP contribution is -2.39. The third-order valence-corrected chi connectivity index (χ3v) is 5.20. The van der Waals surface area contributed by atoms with Gasteiger partial charge in [0.15, 0.2) is 0 Å². The first-order valence-corrected chi connectivity index (χ1v) is 9.97. The fraction of sp³-hybridized carbons (Fsp3) is 0.130. The molecule has 0 bridgehead atoms. The van der Waals surface area contributed by atoms with E-state index >= 15 is 0 Å². The molecule has 8 nitrogen and oxygen atoms in total. The van der Waals surface area contributed by atoms with Crippen molar-refractivity contribution in [2.24, 2.45) is 0 Å². The van der Waals surface area contributed by atoms with Crippen LogP contribution in [0.4, 0.5) is 11.4 Å². The van der Waals surface area contributed by atoms with E-state index in [9.17, 15) is 14.4 Å². The second-order valence-corrected chi connectivity index (χ2v) is 7.40. The molecular weight excluding hydrogens is 394 g/mol. The summed E-state index contributed by atoms with van der Waals surface area (Å²) in [5.41, 5.74) is 3.93. The van der Waals surface area contributed by atoms with Gasteiger partial charge in [-0.15, -0.1) is 0 Å². The first kappa shape index (κ1) is 18.8. The number of para-hydroxylation sites is 2. The SMILES string of the molecule is O=C(NN(c1ccccc1)c1ccccc1)c1cnc2c(c1)c(=O)[nH]c(=O)n2C1CC1. The highest BCUT2D eigenvalue weighted by Crippen LogP contribution is 2.34. The van der Waals surface area contributed by atoms with Crippen LogP contribution in [0, 0.1) is 0 Å². The monoisotopic (exact) mass is 413 g/mol. The number of anilines is 2. The number of benzene rings is 2. The molecule has 0 aliphatic heterocycles. The van der Waals surface area contributed by atoms with Crippen molar-refractivity contribution in [3.8, 4) is 0 Å². The molecule has 0 atom stereocenters. The van der Waals surface area contributed by atoms with Gasteiger partial charge in [-0.3, -0.25) is 29.6 Å². The number of nitrogens with zero attached hydrogens (tertiary/aromatic N) is 3. The zero-order valence-corrected chi connectivity index (χ0v) is 16.5. The second-order valence-electron chi connectivity index (χ2n) is 7.40. The predicted molar refractivity (Wildman–Crippen MR) is 117 cm³/mol. The van der Waals surface area contributed by atoms with E-state index in [2.05, 4.69) is 15.4 Å². The largest absolute Gasteiger partial charge is 0.330 e. The van der Waals surface area contributed by atoms with E-state index in [0.717, 1.165) is 24.2 Å². The molecule has 1 aliphatic rings. The maximum Gasteiger partial charge on any atom is 0.330 e. The number of rotatable bonds is 5. The average Bonchev–Trinajstić information content (AvgIpc) is 3.63. The lowest BCUT2D eigenvalue weighted by Gasteiger charge is -2.25. The summed E-state index contributed by atoms with van der Waals surface area (Å²) in [7, 11) is 0. The van der Waals surface area contributed by atoms with Gasteiger partial charge < -0.3 is 0 Å².